The van der Waals surface area contributed by atoms with E-state index in [1.54, 1.807) is 7.11 Å². The number of rotatable bonds is 5. The molecule has 0 atom stereocenters. The lowest BCUT2D eigenvalue weighted by Crippen LogP contribution is -2.36. The van der Waals surface area contributed by atoms with Crippen LogP contribution in [-0.4, -0.2) is 39.3 Å². The smallest absolute Gasteiger partial charge is 0.228 e. The molecule has 0 saturated carbocycles. The van der Waals surface area contributed by atoms with Crippen molar-refractivity contribution in [3.63, 3.8) is 0 Å². The second-order valence-corrected chi connectivity index (χ2v) is 5.69. The van der Waals surface area contributed by atoms with Gasteiger partial charge >= 0.3 is 0 Å². The molecule has 5 heteroatoms. The van der Waals surface area contributed by atoms with E-state index in [9.17, 15) is 4.79 Å². The van der Waals surface area contributed by atoms with Gasteiger partial charge in [-0.15, -0.1) is 0 Å². The molecule has 2 aromatic rings. The van der Waals surface area contributed by atoms with Gasteiger partial charge in [0.05, 0.1) is 38.1 Å². The van der Waals surface area contributed by atoms with E-state index in [-0.39, 0.29) is 5.91 Å². The van der Waals surface area contributed by atoms with E-state index < -0.39 is 0 Å². The van der Waals surface area contributed by atoms with Gasteiger partial charge in [0, 0.05) is 13.1 Å². The molecule has 1 heterocycles. The molecule has 0 radical (unpaired) electrons. The van der Waals surface area contributed by atoms with Crippen molar-refractivity contribution >= 4 is 17.3 Å². The number of nitrogens with one attached hydrogen (secondary N) is 1. The minimum Gasteiger partial charge on any atom is -0.497 e. The van der Waals surface area contributed by atoms with E-state index in [2.05, 4.69) is 10.2 Å². The number of ether oxygens (including phenoxy) is 2. The molecule has 3 rings (SSSR count). The fourth-order valence-corrected chi connectivity index (χ4v) is 2.78. The highest BCUT2D eigenvalue weighted by atomic mass is 16.5. The first-order chi connectivity index (χ1) is 11.8. The van der Waals surface area contributed by atoms with Gasteiger partial charge in [0.25, 0.3) is 0 Å². The van der Waals surface area contributed by atoms with E-state index >= 15 is 0 Å². The van der Waals surface area contributed by atoms with Crippen LogP contribution in [0.3, 0.4) is 0 Å². The molecule has 24 heavy (non-hydrogen) atoms. The van der Waals surface area contributed by atoms with Crippen molar-refractivity contribution in [1.82, 2.24) is 0 Å². The number of hydrogen-bond donors (Lipinski definition) is 1. The van der Waals surface area contributed by atoms with Crippen molar-refractivity contribution in [3.05, 3.63) is 54.1 Å². The van der Waals surface area contributed by atoms with Crippen molar-refractivity contribution in [2.45, 2.75) is 6.42 Å². The summed E-state index contributed by atoms with van der Waals surface area (Å²) in [4.78, 5) is 14.6. The van der Waals surface area contributed by atoms with Gasteiger partial charge in [-0.2, -0.15) is 0 Å². The normalized spacial score (nSPS) is 14.3. The number of morpholine rings is 1. The number of carbonyl (C=O) groups excluding carboxylic acids is 1. The molecule has 0 bridgehead atoms. The summed E-state index contributed by atoms with van der Waals surface area (Å²) in [7, 11) is 1.63. The third-order valence-corrected chi connectivity index (χ3v) is 4.05. The SMILES string of the molecule is COc1ccc(CC(=O)Nc2ccccc2N2CCOCC2)cc1. The Kier molecular flexibility index (Phi) is 5.33. The second-order valence-electron chi connectivity index (χ2n) is 5.69. The number of benzene rings is 2. The lowest BCUT2D eigenvalue weighted by molar-refractivity contribution is -0.115. The van der Waals surface area contributed by atoms with Crippen LogP contribution in [0.4, 0.5) is 11.4 Å². The third-order valence-electron chi connectivity index (χ3n) is 4.05. The zero-order valence-corrected chi connectivity index (χ0v) is 13.8. The van der Waals surface area contributed by atoms with Gasteiger partial charge in [-0.3, -0.25) is 4.79 Å². The van der Waals surface area contributed by atoms with Crippen LogP contribution in [0.5, 0.6) is 5.75 Å². The number of carbonyl (C=O) groups is 1. The van der Waals surface area contributed by atoms with Gasteiger partial charge in [-0.1, -0.05) is 24.3 Å². The third kappa shape index (κ3) is 4.06. The fourth-order valence-electron chi connectivity index (χ4n) is 2.78. The van der Waals surface area contributed by atoms with Gasteiger partial charge in [-0.05, 0) is 29.8 Å². The van der Waals surface area contributed by atoms with Crippen LogP contribution in [0.2, 0.25) is 0 Å². The molecule has 1 amide bonds. The van der Waals surface area contributed by atoms with Crippen molar-refractivity contribution in [3.8, 4) is 5.75 Å². The van der Waals surface area contributed by atoms with Gasteiger partial charge in [0.15, 0.2) is 0 Å². The Morgan fingerprint density at radius 2 is 1.83 bits per heavy atom. The highest BCUT2D eigenvalue weighted by Crippen LogP contribution is 2.26. The Bertz CT molecular complexity index is 679. The molecule has 1 N–H and O–H groups in total. The Balaban J connectivity index is 1.67. The second kappa shape index (κ2) is 7.84. The van der Waals surface area contributed by atoms with Crippen LogP contribution in [0, 0.1) is 0 Å². The number of para-hydroxylation sites is 2. The first-order valence-electron chi connectivity index (χ1n) is 8.11. The highest BCUT2D eigenvalue weighted by Gasteiger charge is 2.15. The predicted molar refractivity (Wildman–Crippen MR) is 94.8 cm³/mol. The van der Waals surface area contributed by atoms with Crippen LogP contribution in [-0.2, 0) is 16.0 Å². The zero-order valence-electron chi connectivity index (χ0n) is 13.8. The molecule has 1 fully saturated rings. The molecule has 2 aromatic carbocycles. The van der Waals surface area contributed by atoms with Gasteiger partial charge in [0.2, 0.25) is 5.91 Å². The van der Waals surface area contributed by atoms with Crippen LogP contribution in [0.15, 0.2) is 48.5 Å². The summed E-state index contributed by atoms with van der Waals surface area (Å²) in [6.45, 7) is 3.11. The van der Waals surface area contributed by atoms with Crippen molar-refractivity contribution in [2.75, 3.05) is 43.6 Å². The molecule has 0 unspecified atom stereocenters. The average molecular weight is 326 g/mol. The summed E-state index contributed by atoms with van der Waals surface area (Å²) >= 11 is 0. The van der Waals surface area contributed by atoms with E-state index in [0.717, 1.165) is 35.8 Å². The molecule has 0 aliphatic carbocycles. The molecule has 126 valence electrons. The molecular weight excluding hydrogens is 304 g/mol. The quantitative estimate of drug-likeness (QED) is 0.918. The van der Waals surface area contributed by atoms with Crippen LogP contribution in [0.1, 0.15) is 5.56 Å². The molecule has 1 aliphatic rings. The molecule has 0 aromatic heterocycles. The Morgan fingerprint density at radius 3 is 2.54 bits per heavy atom. The lowest BCUT2D eigenvalue weighted by Gasteiger charge is -2.30. The standard InChI is InChI=1S/C19H22N2O3/c1-23-16-8-6-15(7-9-16)14-19(22)20-17-4-2-3-5-18(17)21-10-12-24-13-11-21/h2-9H,10-14H2,1H3,(H,20,22). The van der Waals surface area contributed by atoms with Crippen LogP contribution >= 0.6 is 0 Å². The number of hydrogen-bond acceptors (Lipinski definition) is 4. The molecular formula is C19H22N2O3. The van der Waals surface area contributed by atoms with Crippen molar-refractivity contribution < 1.29 is 14.3 Å². The molecule has 5 nitrogen and oxygen atoms in total. The molecule has 1 saturated heterocycles. The van der Waals surface area contributed by atoms with Gasteiger partial charge in [-0.25, -0.2) is 0 Å². The van der Waals surface area contributed by atoms with Crippen LogP contribution in [0.25, 0.3) is 0 Å². The lowest BCUT2D eigenvalue weighted by atomic mass is 10.1. The number of amides is 1. The maximum atomic E-state index is 12.4. The first-order valence-corrected chi connectivity index (χ1v) is 8.11. The van der Waals surface area contributed by atoms with Crippen molar-refractivity contribution in [2.24, 2.45) is 0 Å². The maximum Gasteiger partial charge on any atom is 0.228 e. The van der Waals surface area contributed by atoms with Crippen molar-refractivity contribution in [1.29, 1.82) is 0 Å². The zero-order chi connectivity index (χ0) is 16.8. The molecule has 0 spiro atoms. The molecule has 1 aliphatic heterocycles. The minimum atomic E-state index is -0.0270. The van der Waals surface area contributed by atoms with E-state index in [4.69, 9.17) is 9.47 Å². The fraction of sp³-hybridized carbons (Fsp3) is 0.316. The maximum absolute atomic E-state index is 12.4. The largest absolute Gasteiger partial charge is 0.497 e. The van der Waals surface area contributed by atoms with E-state index in [1.165, 1.54) is 0 Å². The highest BCUT2D eigenvalue weighted by molar-refractivity contribution is 5.95. The summed E-state index contributed by atoms with van der Waals surface area (Å²) in [5.74, 6) is 0.762. The summed E-state index contributed by atoms with van der Waals surface area (Å²) in [5, 5.41) is 3.03. The van der Waals surface area contributed by atoms with E-state index in [1.807, 2.05) is 48.5 Å². The Labute approximate surface area is 142 Å². The van der Waals surface area contributed by atoms with Gasteiger partial charge in [0.1, 0.15) is 5.75 Å². The van der Waals surface area contributed by atoms with Crippen LogP contribution < -0.4 is 15.0 Å². The first kappa shape index (κ1) is 16.3. The Morgan fingerprint density at radius 1 is 1.12 bits per heavy atom. The summed E-state index contributed by atoms with van der Waals surface area (Å²) < 4.78 is 10.5. The topological polar surface area (TPSA) is 50.8 Å². The number of methoxy groups -OCH3 is 1. The predicted octanol–water partition coefficient (Wildman–Crippen LogP) is 2.71. The summed E-state index contributed by atoms with van der Waals surface area (Å²) in [6.07, 6.45) is 0.335. The van der Waals surface area contributed by atoms with E-state index in [0.29, 0.717) is 19.6 Å². The summed E-state index contributed by atoms with van der Waals surface area (Å²) in [6, 6.07) is 15.5. The number of nitrogens with zero attached hydrogens (tertiary/aromatic N) is 1. The summed E-state index contributed by atoms with van der Waals surface area (Å²) in [5.41, 5.74) is 2.85. The Hall–Kier alpha value is -2.53. The number of anilines is 2. The minimum absolute atomic E-state index is 0.0270. The average Bonchev–Trinajstić information content (AvgIpc) is 2.63. The monoisotopic (exact) mass is 326 g/mol. The van der Waals surface area contributed by atoms with Gasteiger partial charge < -0.3 is 19.7 Å².